The number of ether oxygens (including phenoxy) is 1. The summed E-state index contributed by atoms with van der Waals surface area (Å²) in [7, 11) is 1.67. The first-order chi connectivity index (χ1) is 12.7. The molecule has 142 valence electrons. The lowest BCUT2D eigenvalue weighted by Crippen LogP contribution is -2.45. The van der Waals surface area contributed by atoms with Crippen LogP contribution in [-0.4, -0.2) is 61.6 Å². The monoisotopic (exact) mass is 357 g/mol. The molecule has 1 saturated carbocycles. The van der Waals surface area contributed by atoms with Crippen molar-refractivity contribution in [2.75, 3.05) is 39.8 Å². The van der Waals surface area contributed by atoms with Crippen LogP contribution in [-0.2, 0) is 11.3 Å². The van der Waals surface area contributed by atoms with Crippen LogP contribution in [0.4, 0.5) is 0 Å². The average molecular weight is 357 g/mol. The van der Waals surface area contributed by atoms with Gasteiger partial charge in [0, 0.05) is 44.3 Å². The van der Waals surface area contributed by atoms with Crippen LogP contribution in [0.25, 0.3) is 0 Å². The second-order valence-electron chi connectivity index (χ2n) is 8.28. The number of nitrogens with one attached hydrogen (secondary N) is 1. The van der Waals surface area contributed by atoms with Crippen molar-refractivity contribution in [3.8, 4) is 5.75 Å². The normalized spacial score (nSPS) is 26.5. The fraction of sp³-hybridized carbons (Fsp3) is 0.667. The van der Waals surface area contributed by atoms with E-state index in [4.69, 9.17) is 4.74 Å². The van der Waals surface area contributed by atoms with Crippen LogP contribution in [0.5, 0.6) is 5.75 Å². The van der Waals surface area contributed by atoms with E-state index in [1.807, 2.05) is 24.3 Å². The number of para-hydroxylation sites is 1. The Morgan fingerprint density at radius 3 is 2.81 bits per heavy atom. The van der Waals surface area contributed by atoms with Crippen LogP contribution in [0.1, 0.15) is 31.2 Å². The molecule has 2 bridgehead atoms. The third-order valence-corrected chi connectivity index (χ3v) is 6.13. The minimum absolute atomic E-state index is 0.117. The van der Waals surface area contributed by atoms with Crippen molar-refractivity contribution in [3.05, 3.63) is 29.8 Å². The summed E-state index contributed by atoms with van der Waals surface area (Å²) in [5.74, 6) is 2.63. The molecule has 26 heavy (non-hydrogen) atoms. The maximum atomic E-state index is 12.5. The van der Waals surface area contributed by atoms with Gasteiger partial charge in [0.25, 0.3) is 0 Å². The molecular weight excluding hydrogens is 326 g/mol. The average Bonchev–Trinajstić information content (AvgIpc) is 3.48. The minimum Gasteiger partial charge on any atom is -0.496 e. The first-order valence-electron chi connectivity index (χ1n) is 10.1. The smallest absolute Gasteiger partial charge is 0.234 e. The Bertz CT molecular complexity index is 631. The Kier molecular flexibility index (Phi) is 5.46. The third kappa shape index (κ3) is 4.38. The predicted molar refractivity (Wildman–Crippen MR) is 102 cm³/mol. The number of carbonyl (C=O) groups is 1. The van der Waals surface area contributed by atoms with Gasteiger partial charge in [-0.1, -0.05) is 18.2 Å². The lowest BCUT2D eigenvalue weighted by atomic mass is 9.95. The Morgan fingerprint density at radius 2 is 2.00 bits per heavy atom. The molecule has 2 atom stereocenters. The molecule has 1 N–H and O–H groups in total. The van der Waals surface area contributed by atoms with Crippen LogP contribution in [0.15, 0.2) is 24.3 Å². The molecule has 3 heterocycles. The van der Waals surface area contributed by atoms with Crippen LogP contribution in [0.3, 0.4) is 0 Å². The highest BCUT2D eigenvalue weighted by Gasteiger charge is 2.37. The van der Waals surface area contributed by atoms with E-state index >= 15 is 0 Å². The van der Waals surface area contributed by atoms with E-state index in [2.05, 4.69) is 15.1 Å². The van der Waals surface area contributed by atoms with E-state index in [-0.39, 0.29) is 5.91 Å². The van der Waals surface area contributed by atoms with Crippen LogP contribution < -0.4 is 10.1 Å². The minimum atomic E-state index is 0.117. The predicted octanol–water partition coefficient (Wildman–Crippen LogP) is 2.12. The molecule has 0 radical (unpaired) electrons. The van der Waals surface area contributed by atoms with Crippen LogP contribution >= 0.6 is 0 Å². The van der Waals surface area contributed by atoms with Gasteiger partial charge >= 0.3 is 0 Å². The molecule has 1 aromatic rings. The van der Waals surface area contributed by atoms with Gasteiger partial charge < -0.3 is 10.1 Å². The fourth-order valence-corrected chi connectivity index (χ4v) is 4.56. The molecule has 1 aliphatic carbocycles. The zero-order valence-electron chi connectivity index (χ0n) is 15.8. The summed E-state index contributed by atoms with van der Waals surface area (Å²) >= 11 is 0. The van der Waals surface area contributed by atoms with Crippen LogP contribution in [0, 0.1) is 11.8 Å². The number of fused-ring (bicyclic) bond motifs is 4. The first-order valence-corrected chi connectivity index (χ1v) is 10.1. The van der Waals surface area contributed by atoms with Crippen molar-refractivity contribution in [1.82, 2.24) is 15.1 Å². The summed E-state index contributed by atoms with van der Waals surface area (Å²) in [5, 5.41) is 3.07. The van der Waals surface area contributed by atoms with Gasteiger partial charge in [0.05, 0.1) is 13.7 Å². The zero-order chi connectivity index (χ0) is 17.9. The first kappa shape index (κ1) is 17.8. The number of nitrogens with zero attached hydrogens (tertiary/aromatic N) is 2. The van der Waals surface area contributed by atoms with Crippen LogP contribution in [0.2, 0.25) is 0 Å². The Balaban J connectivity index is 1.29. The van der Waals surface area contributed by atoms with E-state index in [9.17, 15) is 4.79 Å². The van der Waals surface area contributed by atoms with Gasteiger partial charge in [-0.2, -0.15) is 0 Å². The molecule has 3 saturated heterocycles. The lowest BCUT2D eigenvalue weighted by Gasteiger charge is -2.36. The molecular formula is C21H31N3O2. The number of rotatable bonds is 7. The van der Waals surface area contributed by atoms with E-state index in [0.29, 0.717) is 19.1 Å². The molecule has 0 spiro atoms. The van der Waals surface area contributed by atoms with Gasteiger partial charge in [0.15, 0.2) is 0 Å². The molecule has 0 unspecified atom stereocenters. The summed E-state index contributed by atoms with van der Waals surface area (Å²) < 4.78 is 5.36. The highest BCUT2D eigenvalue weighted by molar-refractivity contribution is 5.78. The molecule has 0 aromatic heterocycles. The highest BCUT2D eigenvalue weighted by Crippen LogP contribution is 2.34. The Hall–Kier alpha value is -1.59. The maximum absolute atomic E-state index is 12.5. The Labute approximate surface area is 156 Å². The van der Waals surface area contributed by atoms with Gasteiger partial charge in [0.1, 0.15) is 5.75 Å². The Morgan fingerprint density at radius 1 is 1.15 bits per heavy atom. The molecule has 3 aliphatic heterocycles. The van der Waals surface area contributed by atoms with Gasteiger partial charge in [0.2, 0.25) is 5.91 Å². The molecule has 4 aliphatic rings. The second kappa shape index (κ2) is 7.97. The van der Waals surface area contributed by atoms with E-state index in [1.165, 1.54) is 38.8 Å². The number of carbonyl (C=O) groups excluding carboxylic acids is 1. The van der Waals surface area contributed by atoms with Crippen molar-refractivity contribution in [2.45, 2.75) is 38.3 Å². The third-order valence-electron chi connectivity index (χ3n) is 6.13. The fourth-order valence-electron chi connectivity index (χ4n) is 4.56. The number of methoxy groups -OCH3 is 1. The summed E-state index contributed by atoms with van der Waals surface area (Å²) in [6.07, 6.45) is 5.47. The molecule has 1 aromatic carbocycles. The largest absolute Gasteiger partial charge is 0.496 e. The topological polar surface area (TPSA) is 44.8 Å². The number of hydrogen-bond acceptors (Lipinski definition) is 4. The molecule has 4 fully saturated rings. The van der Waals surface area contributed by atoms with E-state index in [1.54, 1.807) is 7.11 Å². The zero-order valence-corrected chi connectivity index (χ0v) is 15.8. The quantitative estimate of drug-likeness (QED) is 0.812. The summed E-state index contributed by atoms with van der Waals surface area (Å²) in [5.41, 5.74) is 1.02. The highest BCUT2D eigenvalue weighted by atomic mass is 16.5. The number of benzene rings is 1. The van der Waals surface area contributed by atoms with Crippen molar-refractivity contribution < 1.29 is 9.53 Å². The van der Waals surface area contributed by atoms with Crippen molar-refractivity contribution in [3.63, 3.8) is 0 Å². The van der Waals surface area contributed by atoms with Gasteiger partial charge in [-0.3, -0.25) is 14.6 Å². The number of amides is 1. The molecule has 5 rings (SSSR count). The summed E-state index contributed by atoms with van der Waals surface area (Å²) in [6, 6.07) is 8.51. The maximum Gasteiger partial charge on any atom is 0.234 e. The number of hydrogen-bond donors (Lipinski definition) is 1. The molecule has 5 heteroatoms. The van der Waals surface area contributed by atoms with Gasteiger partial charge in [-0.05, 0) is 43.6 Å². The van der Waals surface area contributed by atoms with Crippen molar-refractivity contribution in [1.29, 1.82) is 0 Å². The standard InChI is InChI=1S/C21H31N3O2/c1-26-20-5-3-2-4-18(20)10-22-21(25)15-23-11-17-8-9-19(14-23)24(13-17)12-16-6-7-16/h2-5,16-17,19H,6-15H2,1H3,(H,22,25)/t17-,19+/m1/s1. The lowest BCUT2D eigenvalue weighted by molar-refractivity contribution is -0.122. The van der Waals surface area contributed by atoms with Crippen molar-refractivity contribution in [2.24, 2.45) is 11.8 Å². The summed E-state index contributed by atoms with van der Waals surface area (Å²) in [6.45, 7) is 5.68. The number of piperidine rings is 1. The van der Waals surface area contributed by atoms with Crippen molar-refractivity contribution >= 4 is 5.91 Å². The van der Waals surface area contributed by atoms with E-state index < -0.39 is 0 Å². The molecule has 5 nitrogen and oxygen atoms in total. The molecule has 1 amide bonds. The van der Waals surface area contributed by atoms with Gasteiger partial charge in [-0.25, -0.2) is 0 Å². The second-order valence-corrected chi connectivity index (χ2v) is 8.28. The van der Waals surface area contributed by atoms with Gasteiger partial charge in [-0.15, -0.1) is 0 Å². The van der Waals surface area contributed by atoms with E-state index in [0.717, 1.165) is 36.2 Å². The SMILES string of the molecule is COc1ccccc1CNC(=O)CN1C[C@H]2CC[C@@H](C1)N(CC1CC1)C2. The summed E-state index contributed by atoms with van der Waals surface area (Å²) in [4.78, 5) is 17.6.